The number of carbonyl (C=O) groups excluding carboxylic acids is 1. The number of hydrogen-bond donors (Lipinski definition) is 2. The molecular formula is C17H36N2O3SSi. The van der Waals surface area contributed by atoms with Gasteiger partial charge >= 0.3 is 5.97 Å². The summed E-state index contributed by atoms with van der Waals surface area (Å²) in [5.41, 5.74) is 0. The standard InChI is InChI=1S/C17H36N2O3SSi/c1-6-14(17(20)22-8-3)11-18-24(4,5)13-15(7-2)19-9-10-21-12-16(19)23/h14-16,18,23H,6-13H2,1-5H3. The van der Waals surface area contributed by atoms with Crippen molar-refractivity contribution in [1.82, 2.24) is 9.88 Å². The van der Waals surface area contributed by atoms with E-state index >= 15 is 0 Å². The zero-order valence-electron chi connectivity index (χ0n) is 16.0. The number of nitrogens with one attached hydrogen (secondary N) is 1. The minimum atomic E-state index is -1.62. The lowest BCUT2D eigenvalue weighted by atomic mass is 10.1. The highest BCUT2D eigenvalue weighted by molar-refractivity contribution is 7.80. The first-order chi connectivity index (χ1) is 11.3. The third kappa shape index (κ3) is 7.04. The summed E-state index contributed by atoms with van der Waals surface area (Å²) in [7, 11) is -1.62. The first-order valence-electron chi connectivity index (χ1n) is 9.27. The molecule has 1 aliphatic rings. The fraction of sp³-hybridized carbons (Fsp3) is 0.941. The lowest BCUT2D eigenvalue weighted by molar-refractivity contribution is -0.147. The van der Waals surface area contributed by atoms with Crippen LogP contribution in [-0.2, 0) is 14.3 Å². The smallest absolute Gasteiger partial charge is 0.310 e. The SMILES string of the molecule is CCOC(=O)C(CC)CN[Si](C)(C)CC(CC)N1CCOCC1S. The van der Waals surface area contributed by atoms with E-state index < -0.39 is 8.24 Å². The van der Waals surface area contributed by atoms with Crippen molar-refractivity contribution in [2.24, 2.45) is 5.92 Å². The highest BCUT2D eigenvalue weighted by Gasteiger charge is 2.33. The minimum Gasteiger partial charge on any atom is -0.466 e. The summed E-state index contributed by atoms with van der Waals surface area (Å²) in [4.78, 5) is 18.2. The molecule has 142 valence electrons. The second-order valence-corrected chi connectivity index (χ2v) is 12.3. The van der Waals surface area contributed by atoms with E-state index in [0.717, 1.165) is 38.6 Å². The van der Waals surface area contributed by atoms with Crippen molar-refractivity contribution in [3.05, 3.63) is 0 Å². The molecule has 0 saturated carbocycles. The molecule has 7 heteroatoms. The zero-order valence-corrected chi connectivity index (χ0v) is 17.9. The van der Waals surface area contributed by atoms with E-state index in [9.17, 15) is 4.79 Å². The number of rotatable bonds is 10. The first kappa shape index (κ1) is 22.0. The molecule has 0 aromatic carbocycles. The topological polar surface area (TPSA) is 50.8 Å². The highest BCUT2D eigenvalue weighted by atomic mass is 32.1. The van der Waals surface area contributed by atoms with E-state index in [1.807, 2.05) is 13.8 Å². The van der Waals surface area contributed by atoms with Crippen LogP contribution in [0.25, 0.3) is 0 Å². The van der Waals surface area contributed by atoms with Gasteiger partial charge in [-0.2, -0.15) is 12.6 Å². The Kier molecular flexibility index (Phi) is 9.89. The van der Waals surface area contributed by atoms with Crippen molar-refractivity contribution in [2.75, 3.05) is 32.9 Å². The Morgan fingerprint density at radius 2 is 2.08 bits per heavy atom. The van der Waals surface area contributed by atoms with Gasteiger partial charge in [0.05, 0.1) is 31.1 Å². The Morgan fingerprint density at radius 1 is 1.38 bits per heavy atom. The maximum absolute atomic E-state index is 12.0. The third-order valence-electron chi connectivity index (χ3n) is 4.77. The molecule has 1 rings (SSSR count). The molecule has 0 aromatic heterocycles. The van der Waals surface area contributed by atoms with E-state index in [4.69, 9.17) is 9.47 Å². The average molecular weight is 377 g/mol. The molecule has 5 nitrogen and oxygen atoms in total. The summed E-state index contributed by atoms with van der Waals surface area (Å²) < 4.78 is 10.7. The summed E-state index contributed by atoms with van der Waals surface area (Å²) in [6.07, 6.45) is 1.93. The summed E-state index contributed by atoms with van der Waals surface area (Å²) in [5.74, 6) is -0.120. The Hall–Kier alpha value is -0.0831. The Bertz CT molecular complexity index is 385. The molecule has 0 amide bonds. The second kappa shape index (κ2) is 10.8. The number of ether oxygens (including phenoxy) is 2. The van der Waals surface area contributed by atoms with E-state index in [1.54, 1.807) is 0 Å². The molecule has 3 unspecified atom stereocenters. The van der Waals surface area contributed by atoms with Crippen molar-refractivity contribution in [2.45, 2.75) is 64.2 Å². The van der Waals surface area contributed by atoms with Crippen LogP contribution in [0.1, 0.15) is 33.6 Å². The van der Waals surface area contributed by atoms with Crippen molar-refractivity contribution in [3.63, 3.8) is 0 Å². The molecule has 1 N–H and O–H groups in total. The number of carbonyl (C=O) groups is 1. The summed E-state index contributed by atoms with van der Waals surface area (Å²) >= 11 is 4.68. The minimum absolute atomic E-state index is 0.0437. The largest absolute Gasteiger partial charge is 0.466 e. The van der Waals surface area contributed by atoms with Gasteiger partial charge in [0.15, 0.2) is 0 Å². The Balaban J connectivity index is 2.57. The monoisotopic (exact) mass is 376 g/mol. The van der Waals surface area contributed by atoms with E-state index in [1.165, 1.54) is 0 Å². The van der Waals surface area contributed by atoms with Crippen LogP contribution in [-0.4, -0.2) is 63.4 Å². The number of esters is 1. The van der Waals surface area contributed by atoms with Crippen molar-refractivity contribution >= 4 is 26.8 Å². The predicted molar refractivity (Wildman–Crippen MR) is 105 cm³/mol. The zero-order chi connectivity index (χ0) is 18.2. The Morgan fingerprint density at radius 3 is 2.62 bits per heavy atom. The van der Waals surface area contributed by atoms with Gasteiger partial charge in [0.1, 0.15) is 8.24 Å². The summed E-state index contributed by atoms with van der Waals surface area (Å²) in [6, 6.07) is 1.67. The molecule has 1 aliphatic heterocycles. The molecule has 1 saturated heterocycles. The van der Waals surface area contributed by atoms with Gasteiger partial charge in [-0.05, 0) is 25.8 Å². The molecule has 3 atom stereocenters. The molecule has 0 aliphatic carbocycles. The molecule has 0 radical (unpaired) electrons. The fourth-order valence-electron chi connectivity index (χ4n) is 3.24. The lowest BCUT2D eigenvalue weighted by Gasteiger charge is -2.41. The van der Waals surface area contributed by atoms with Crippen LogP contribution >= 0.6 is 12.6 Å². The van der Waals surface area contributed by atoms with Crippen molar-refractivity contribution in [1.29, 1.82) is 0 Å². The van der Waals surface area contributed by atoms with Gasteiger partial charge in [-0.15, -0.1) is 0 Å². The molecule has 0 aromatic rings. The quantitative estimate of drug-likeness (QED) is 0.349. The summed E-state index contributed by atoms with van der Waals surface area (Å²) in [5, 5.41) is 0.191. The van der Waals surface area contributed by atoms with Crippen LogP contribution in [0.5, 0.6) is 0 Å². The van der Waals surface area contributed by atoms with Gasteiger partial charge in [-0.3, -0.25) is 9.69 Å². The van der Waals surface area contributed by atoms with Crippen molar-refractivity contribution < 1.29 is 14.3 Å². The van der Waals surface area contributed by atoms with E-state index in [-0.39, 0.29) is 17.3 Å². The highest BCUT2D eigenvalue weighted by Crippen LogP contribution is 2.23. The van der Waals surface area contributed by atoms with Gasteiger partial charge in [0, 0.05) is 19.1 Å². The summed E-state index contributed by atoms with van der Waals surface area (Å²) in [6.45, 7) is 14.5. The van der Waals surface area contributed by atoms with Crippen molar-refractivity contribution in [3.8, 4) is 0 Å². The van der Waals surface area contributed by atoms with Gasteiger partial charge in [0.25, 0.3) is 0 Å². The number of nitrogens with zero attached hydrogens (tertiary/aromatic N) is 1. The van der Waals surface area contributed by atoms with Gasteiger partial charge in [0.2, 0.25) is 0 Å². The van der Waals surface area contributed by atoms with Crippen LogP contribution in [0.2, 0.25) is 19.1 Å². The predicted octanol–water partition coefficient (Wildman–Crippen LogP) is 2.74. The normalized spacial score (nSPS) is 22.2. The van der Waals surface area contributed by atoms with Crippen LogP contribution in [0, 0.1) is 5.92 Å². The van der Waals surface area contributed by atoms with Gasteiger partial charge in [-0.1, -0.05) is 26.9 Å². The maximum Gasteiger partial charge on any atom is 0.310 e. The molecule has 1 heterocycles. The van der Waals surface area contributed by atoms with Gasteiger partial charge in [-0.25, -0.2) is 0 Å². The van der Waals surface area contributed by atoms with Crippen LogP contribution in [0.15, 0.2) is 0 Å². The third-order valence-corrected chi connectivity index (χ3v) is 7.87. The fourth-order valence-corrected chi connectivity index (χ4v) is 6.29. The number of morpholine rings is 1. The molecule has 24 heavy (non-hydrogen) atoms. The number of thiol groups is 1. The lowest BCUT2D eigenvalue weighted by Crippen LogP contribution is -2.55. The molecular weight excluding hydrogens is 340 g/mol. The molecule has 1 fully saturated rings. The Labute approximate surface area is 154 Å². The average Bonchev–Trinajstić information content (AvgIpc) is 2.54. The van der Waals surface area contributed by atoms with Crippen LogP contribution in [0.3, 0.4) is 0 Å². The first-order valence-corrected chi connectivity index (χ1v) is 13.0. The second-order valence-electron chi connectivity index (χ2n) is 7.18. The van der Waals surface area contributed by atoms with Crippen LogP contribution in [0.4, 0.5) is 0 Å². The van der Waals surface area contributed by atoms with Gasteiger partial charge < -0.3 is 14.5 Å². The molecule has 0 spiro atoms. The molecule has 0 bridgehead atoms. The maximum atomic E-state index is 12.0. The van der Waals surface area contributed by atoms with Crippen LogP contribution < -0.4 is 4.98 Å². The van der Waals surface area contributed by atoms with E-state index in [0.29, 0.717) is 19.3 Å². The number of hydrogen-bond acceptors (Lipinski definition) is 6. The van der Waals surface area contributed by atoms with E-state index in [2.05, 4.69) is 42.5 Å².